The van der Waals surface area contributed by atoms with E-state index in [1.165, 1.54) is 24.3 Å². The molecule has 0 aliphatic rings. The molecule has 0 fully saturated rings. The lowest BCUT2D eigenvalue weighted by Gasteiger charge is -2.20. The van der Waals surface area contributed by atoms with E-state index in [-0.39, 0.29) is 11.0 Å². The molecule has 0 aliphatic carbocycles. The van der Waals surface area contributed by atoms with Crippen LogP contribution in [0.15, 0.2) is 48.5 Å². The maximum absolute atomic E-state index is 13.5. The zero-order valence-electron chi connectivity index (χ0n) is 15.3. The Morgan fingerprint density at radius 1 is 1.00 bits per heavy atom. The van der Waals surface area contributed by atoms with Gasteiger partial charge in [-0.25, -0.2) is 4.39 Å². The van der Waals surface area contributed by atoms with Gasteiger partial charge < -0.3 is 4.74 Å². The SMILES string of the molecule is C[C@H](Oc1ccc(C(C)(C)C)cc1)C(=O)NNC(=O)c1ccccc1F. The molecular weight excluding hydrogens is 335 g/mol. The maximum atomic E-state index is 13.5. The fourth-order valence-corrected chi connectivity index (χ4v) is 2.22. The molecule has 6 heteroatoms. The van der Waals surface area contributed by atoms with Gasteiger partial charge in [0.2, 0.25) is 0 Å². The monoisotopic (exact) mass is 358 g/mol. The Hall–Kier alpha value is -2.89. The number of carbonyl (C=O) groups excluding carboxylic acids is 2. The minimum absolute atomic E-state index is 0.0263. The Labute approximate surface area is 152 Å². The highest BCUT2D eigenvalue weighted by Gasteiger charge is 2.18. The van der Waals surface area contributed by atoms with E-state index in [1.54, 1.807) is 19.1 Å². The van der Waals surface area contributed by atoms with Crippen LogP contribution in [0.5, 0.6) is 5.75 Å². The quantitative estimate of drug-likeness (QED) is 0.824. The molecule has 0 aliphatic heterocycles. The summed E-state index contributed by atoms with van der Waals surface area (Å²) in [5.41, 5.74) is 5.44. The highest BCUT2D eigenvalue weighted by atomic mass is 19.1. The van der Waals surface area contributed by atoms with Crippen molar-refractivity contribution >= 4 is 11.8 Å². The van der Waals surface area contributed by atoms with Crippen molar-refractivity contribution in [3.8, 4) is 5.75 Å². The molecule has 0 aromatic heterocycles. The van der Waals surface area contributed by atoms with Crippen molar-refractivity contribution in [2.45, 2.75) is 39.2 Å². The average Bonchev–Trinajstić information content (AvgIpc) is 2.59. The van der Waals surface area contributed by atoms with Crippen LogP contribution in [0.1, 0.15) is 43.6 Å². The van der Waals surface area contributed by atoms with E-state index in [2.05, 4.69) is 31.6 Å². The molecule has 5 nitrogen and oxygen atoms in total. The van der Waals surface area contributed by atoms with E-state index < -0.39 is 23.7 Å². The largest absolute Gasteiger partial charge is 0.481 e. The molecule has 26 heavy (non-hydrogen) atoms. The molecular formula is C20H23FN2O3. The third kappa shape index (κ3) is 5.05. The van der Waals surface area contributed by atoms with Crippen LogP contribution in [-0.2, 0) is 10.2 Å². The molecule has 0 radical (unpaired) electrons. The van der Waals surface area contributed by atoms with Crippen LogP contribution in [-0.4, -0.2) is 17.9 Å². The fourth-order valence-electron chi connectivity index (χ4n) is 2.22. The predicted octanol–water partition coefficient (Wildman–Crippen LogP) is 3.35. The molecule has 0 saturated carbocycles. The van der Waals surface area contributed by atoms with E-state index in [0.29, 0.717) is 5.75 Å². The number of benzene rings is 2. The molecule has 0 bridgehead atoms. The van der Waals surface area contributed by atoms with Crippen molar-refractivity contribution in [1.82, 2.24) is 10.9 Å². The molecule has 0 unspecified atom stereocenters. The number of hydrazine groups is 1. The molecule has 1 atom stereocenters. The maximum Gasteiger partial charge on any atom is 0.279 e. The van der Waals surface area contributed by atoms with Crippen LogP contribution in [0.25, 0.3) is 0 Å². The Bertz CT molecular complexity index is 782. The highest BCUT2D eigenvalue weighted by molar-refractivity contribution is 5.95. The van der Waals surface area contributed by atoms with Crippen molar-refractivity contribution < 1.29 is 18.7 Å². The van der Waals surface area contributed by atoms with Gasteiger partial charge in [-0.15, -0.1) is 0 Å². The lowest BCUT2D eigenvalue weighted by atomic mass is 9.87. The van der Waals surface area contributed by atoms with Crippen LogP contribution in [0.4, 0.5) is 4.39 Å². The topological polar surface area (TPSA) is 67.4 Å². The first-order valence-corrected chi connectivity index (χ1v) is 8.30. The van der Waals surface area contributed by atoms with E-state index in [0.717, 1.165) is 5.56 Å². The fraction of sp³-hybridized carbons (Fsp3) is 0.300. The smallest absolute Gasteiger partial charge is 0.279 e. The number of hydrogen-bond acceptors (Lipinski definition) is 3. The summed E-state index contributed by atoms with van der Waals surface area (Å²) < 4.78 is 19.1. The van der Waals surface area contributed by atoms with Crippen LogP contribution in [0.3, 0.4) is 0 Å². The number of hydrogen-bond donors (Lipinski definition) is 2. The van der Waals surface area contributed by atoms with Gasteiger partial charge in [0.15, 0.2) is 6.10 Å². The van der Waals surface area contributed by atoms with Gasteiger partial charge in [-0.05, 0) is 42.2 Å². The summed E-state index contributed by atoms with van der Waals surface area (Å²) >= 11 is 0. The number of nitrogens with one attached hydrogen (secondary N) is 2. The van der Waals surface area contributed by atoms with Gasteiger partial charge in [0.1, 0.15) is 11.6 Å². The van der Waals surface area contributed by atoms with Gasteiger partial charge >= 0.3 is 0 Å². The van der Waals surface area contributed by atoms with Crippen molar-refractivity contribution in [3.63, 3.8) is 0 Å². The molecule has 2 N–H and O–H groups in total. The molecule has 0 heterocycles. The van der Waals surface area contributed by atoms with Crippen LogP contribution < -0.4 is 15.6 Å². The standard InChI is InChI=1S/C20H23FN2O3/c1-13(26-15-11-9-14(10-12-15)20(2,3)4)18(24)22-23-19(25)16-7-5-6-8-17(16)21/h5-13H,1-4H3,(H,22,24)(H,23,25)/t13-/m0/s1. The normalized spacial score (nSPS) is 12.2. The summed E-state index contributed by atoms with van der Waals surface area (Å²) in [4.78, 5) is 23.9. The molecule has 2 rings (SSSR count). The van der Waals surface area contributed by atoms with Gasteiger partial charge in [-0.1, -0.05) is 45.0 Å². The van der Waals surface area contributed by atoms with Gasteiger partial charge in [-0.3, -0.25) is 20.4 Å². The third-order valence-electron chi connectivity index (χ3n) is 3.82. The van der Waals surface area contributed by atoms with Gasteiger partial charge in [0, 0.05) is 0 Å². The second-order valence-corrected chi connectivity index (χ2v) is 6.96. The highest BCUT2D eigenvalue weighted by Crippen LogP contribution is 2.24. The Morgan fingerprint density at radius 2 is 1.62 bits per heavy atom. The van der Waals surface area contributed by atoms with Crippen molar-refractivity contribution in [2.24, 2.45) is 0 Å². The number of carbonyl (C=O) groups is 2. The number of rotatable bonds is 4. The third-order valence-corrected chi connectivity index (χ3v) is 3.82. The van der Waals surface area contributed by atoms with Gasteiger partial charge in [0.05, 0.1) is 5.56 Å². The molecule has 2 aromatic rings. The predicted molar refractivity (Wildman–Crippen MR) is 97.2 cm³/mol. The van der Waals surface area contributed by atoms with Crippen molar-refractivity contribution in [2.75, 3.05) is 0 Å². The van der Waals surface area contributed by atoms with Crippen LogP contribution >= 0.6 is 0 Å². The molecule has 0 saturated heterocycles. The summed E-state index contributed by atoms with van der Waals surface area (Å²) in [6.07, 6.45) is -0.837. The lowest BCUT2D eigenvalue weighted by molar-refractivity contribution is -0.128. The van der Waals surface area contributed by atoms with Crippen LogP contribution in [0.2, 0.25) is 0 Å². The summed E-state index contributed by atoms with van der Waals surface area (Å²) in [5, 5.41) is 0. The van der Waals surface area contributed by atoms with Gasteiger partial charge in [-0.2, -0.15) is 0 Å². The number of ether oxygens (including phenoxy) is 1. The summed E-state index contributed by atoms with van der Waals surface area (Å²) in [6, 6.07) is 13.0. The number of halogens is 1. The minimum Gasteiger partial charge on any atom is -0.481 e. The first kappa shape index (κ1) is 19.4. The van der Waals surface area contributed by atoms with E-state index >= 15 is 0 Å². The average molecular weight is 358 g/mol. The van der Waals surface area contributed by atoms with E-state index in [4.69, 9.17) is 4.74 Å². The molecule has 2 aromatic carbocycles. The molecule has 2 amide bonds. The minimum atomic E-state index is -0.837. The Balaban J connectivity index is 1.89. The first-order chi connectivity index (χ1) is 12.2. The van der Waals surface area contributed by atoms with Crippen LogP contribution in [0, 0.1) is 5.82 Å². The second kappa shape index (κ2) is 7.99. The first-order valence-electron chi connectivity index (χ1n) is 8.30. The Kier molecular flexibility index (Phi) is 5.97. The van der Waals surface area contributed by atoms with E-state index in [9.17, 15) is 14.0 Å². The lowest BCUT2D eigenvalue weighted by Crippen LogP contribution is -2.47. The zero-order valence-corrected chi connectivity index (χ0v) is 15.3. The van der Waals surface area contributed by atoms with Crippen molar-refractivity contribution in [3.05, 3.63) is 65.5 Å². The summed E-state index contributed by atoms with van der Waals surface area (Å²) in [6.45, 7) is 7.88. The Morgan fingerprint density at radius 3 is 2.19 bits per heavy atom. The zero-order chi connectivity index (χ0) is 19.3. The van der Waals surface area contributed by atoms with Crippen molar-refractivity contribution in [1.29, 1.82) is 0 Å². The number of amides is 2. The molecule has 138 valence electrons. The van der Waals surface area contributed by atoms with E-state index in [1.807, 2.05) is 12.1 Å². The van der Waals surface area contributed by atoms with Gasteiger partial charge in [0.25, 0.3) is 11.8 Å². The second-order valence-electron chi connectivity index (χ2n) is 6.96. The summed E-state index contributed by atoms with van der Waals surface area (Å²) in [5.74, 6) is -1.41. The summed E-state index contributed by atoms with van der Waals surface area (Å²) in [7, 11) is 0. The molecule has 0 spiro atoms.